The summed E-state index contributed by atoms with van der Waals surface area (Å²) in [5.74, 6) is 0. The molecule has 4 heteroatoms. The summed E-state index contributed by atoms with van der Waals surface area (Å²) < 4.78 is 1.94. The zero-order valence-corrected chi connectivity index (χ0v) is 7.63. The molecule has 2 heterocycles. The predicted octanol–water partition coefficient (Wildman–Crippen LogP) is 1.93. The van der Waals surface area contributed by atoms with Gasteiger partial charge >= 0.3 is 0 Å². The van der Waals surface area contributed by atoms with Gasteiger partial charge in [0.15, 0.2) is 0 Å². The first-order valence-electron chi connectivity index (χ1n) is 3.62. The van der Waals surface area contributed by atoms with Gasteiger partial charge in [0.2, 0.25) is 0 Å². The summed E-state index contributed by atoms with van der Waals surface area (Å²) in [6.07, 6.45) is 3.37. The molecule has 0 spiro atoms. The van der Waals surface area contributed by atoms with Crippen LogP contribution in [0.2, 0.25) is 5.02 Å². The summed E-state index contributed by atoms with van der Waals surface area (Å²) in [4.78, 5) is 8.19. The quantitative estimate of drug-likeness (QED) is 0.622. The van der Waals surface area contributed by atoms with E-state index in [2.05, 4.69) is 9.97 Å². The van der Waals surface area contributed by atoms with Crippen molar-refractivity contribution in [2.75, 3.05) is 0 Å². The van der Waals surface area contributed by atoms with E-state index in [0.29, 0.717) is 5.02 Å². The lowest BCUT2D eigenvalue weighted by Gasteiger charge is -1.97. The second kappa shape index (κ2) is 2.45. The van der Waals surface area contributed by atoms with E-state index >= 15 is 0 Å². The molecular formula is C8H8ClN3. The van der Waals surface area contributed by atoms with Gasteiger partial charge in [0.05, 0.1) is 16.2 Å². The van der Waals surface area contributed by atoms with Gasteiger partial charge in [0.25, 0.3) is 0 Å². The maximum Gasteiger partial charge on any atom is 0.116 e. The predicted molar refractivity (Wildman–Crippen MR) is 48.3 cm³/mol. The summed E-state index contributed by atoms with van der Waals surface area (Å²) in [6.45, 7) is 1.94. The van der Waals surface area contributed by atoms with Gasteiger partial charge in [-0.1, -0.05) is 11.6 Å². The number of halogens is 1. The van der Waals surface area contributed by atoms with E-state index in [9.17, 15) is 0 Å². The Hall–Kier alpha value is -1.09. The van der Waals surface area contributed by atoms with Crippen molar-refractivity contribution in [3.8, 4) is 0 Å². The molecule has 0 unspecified atom stereocenters. The molecule has 0 N–H and O–H groups in total. The van der Waals surface area contributed by atoms with Gasteiger partial charge in [-0.15, -0.1) is 0 Å². The smallest absolute Gasteiger partial charge is 0.116 e. The first-order valence-corrected chi connectivity index (χ1v) is 4.00. The zero-order chi connectivity index (χ0) is 8.72. The average Bonchev–Trinajstić information content (AvgIpc) is 2.29. The van der Waals surface area contributed by atoms with Crippen molar-refractivity contribution in [3.05, 3.63) is 23.2 Å². The van der Waals surface area contributed by atoms with E-state index < -0.39 is 0 Å². The number of aryl methyl sites for hydroxylation is 2. The summed E-state index contributed by atoms with van der Waals surface area (Å²) in [5, 5.41) is 0.679. The van der Waals surface area contributed by atoms with E-state index in [1.165, 1.54) is 6.33 Å². The number of hydrogen-bond donors (Lipinski definition) is 0. The third kappa shape index (κ3) is 0.898. The van der Waals surface area contributed by atoms with Crippen molar-refractivity contribution in [1.29, 1.82) is 0 Å². The standard InChI is InChI=1S/C8H8ClN3/c1-5-8-7(11-4-10-5)6(9)3-12(8)2/h3-4H,1-2H3. The molecule has 0 aliphatic rings. The molecule has 2 rings (SSSR count). The van der Waals surface area contributed by atoms with Gasteiger partial charge < -0.3 is 4.57 Å². The zero-order valence-electron chi connectivity index (χ0n) is 6.87. The minimum Gasteiger partial charge on any atom is -0.346 e. The summed E-state index contributed by atoms with van der Waals surface area (Å²) >= 11 is 5.94. The van der Waals surface area contributed by atoms with Crippen LogP contribution >= 0.6 is 11.6 Å². The Kier molecular flexibility index (Phi) is 1.54. The molecular weight excluding hydrogens is 174 g/mol. The lowest BCUT2D eigenvalue weighted by atomic mass is 10.3. The van der Waals surface area contributed by atoms with Gasteiger partial charge in [0, 0.05) is 13.2 Å². The van der Waals surface area contributed by atoms with Crippen LogP contribution in [0, 0.1) is 6.92 Å². The number of hydrogen-bond acceptors (Lipinski definition) is 2. The summed E-state index contributed by atoms with van der Waals surface area (Å²) in [6, 6.07) is 0. The molecule has 0 fully saturated rings. The Balaban J connectivity index is 2.99. The van der Waals surface area contributed by atoms with Gasteiger partial charge in [-0.25, -0.2) is 9.97 Å². The monoisotopic (exact) mass is 181 g/mol. The second-order valence-electron chi connectivity index (χ2n) is 2.74. The fourth-order valence-electron chi connectivity index (χ4n) is 1.36. The van der Waals surface area contributed by atoms with E-state index in [4.69, 9.17) is 11.6 Å². The van der Waals surface area contributed by atoms with E-state index in [-0.39, 0.29) is 0 Å². The Bertz CT molecular complexity index is 433. The first kappa shape index (κ1) is 7.55. The number of nitrogens with zero attached hydrogens (tertiary/aromatic N) is 3. The fraction of sp³-hybridized carbons (Fsp3) is 0.250. The van der Waals surface area contributed by atoms with Crippen molar-refractivity contribution in [3.63, 3.8) is 0 Å². The highest BCUT2D eigenvalue weighted by molar-refractivity contribution is 6.35. The largest absolute Gasteiger partial charge is 0.346 e. The molecule has 0 atom stereocenters. The number of rotatable bonds is 0. The summed E-state index contributed by atoms with van der Waals surface area (Å²) in [7, 11) is 1.94. The maximum atomic E-state index is 5.94. The van der Waals surface area contributed by atoms with Crippen LogP contribution in [-0.4, -0.2) is 14.5 Å². The minimum absolute atomic E-state index is 0.679. The molecule has 62 valence electrons. The number of aromatic nitrogens is 3. The molecule has 2 aromatic rings. The Morgan fingerprint density at radius 2 is 2.17 bits per heavy atom. The SMILES string of the molecule is Cc1ncnc2c(Cl)cn(C)c12. The van der Waals surface area contributed by atoms with Crippen LogP contribution in [0.3, 0.4) is 0 Å². The van der Waals surface area contributed by atoms with E-state index in [0.717, 1.165) is 16.7 Å². The Morgan fingerprint density at radius 1 is 1.42 bits per heavy atom. The van der Waals surface area contributed by atoms with E-state index in [1.54, 1.807) is 0 Å². The van der Waals surface area contributed by atoms with Crippen molar-refractivity contribution in [2.45, 2.75) is 6.92 Å². The van der Waals surface area contributed by atoms with Crippen LogP contribution in [0.5, 0.6) is 0 Å². The second-order valence-corrected chi connectivity index (χ2v) is 3.15. The van der Waals surface area contributed by atoms with Gasteiger partial charge in [-0.05, 0) is 6.92 Å². The first-order chi connectivity index (χ1) is 5.70. The van der Waals surface area contributed by atoms with Crippen molar-refractivity contribution < 1.29 is 0 Å². The minimum atomic E-state index is 0.679. The molecule has 0 aliphatic carbocycles. The lowest BCUT2D eigenvalue weighted by molar-refractivity contribution is 0.952. The van der Waals surface area contributed by atoms with Gasteiger partial charge in [0.1, 0.15) is 11.8 Å². The Morgan fingerprint density at radius 3 is 2.83 bits per heavy atom. The molecule has 0 aliphatic heterocycles. The van der Waals surface area contributed by atoms with Crippen LogP contribution in [-0.2, 0) is 7.05 Å². The molecule has 0 saturated heterocycles. The summed E-state index contributed by atoms with van der Waals surface area (Å²) in [5.41, 5.74) is 2.78. The third-order valence-corrected chi connectivity index (χ3v) is 2.17. The number of fused-ring (bicyclic) bond motifs is 1. The molecule has 0 radical (unpaired) electrons. The molecule has 3 nitrogen and oxygen atoms in total. The van der Waals surface area contributed by atoms with Crippen molar-refractivity contribution in [1.82, 2.24) is 14.5 Å². The van der Waals surface area contributed by atoms with Crippen LogP contribution < -0.4 is 0 Å². The van der Waals surface area contributed by atoms with E-state index in [1.807, 2.05) is 24.7 Å². The highest BCUT2D eigenvalue weighted by atomic mass is 35.5. The molecule has 0 bridgehead atoms. The topological polar surface area (TPSA) is 30.7 Å². The van der Waals surface area contributed by atoms with Gasteiger partial charge in [-0.2, -0.15) is 0 Å². The lowest BCUT2D eigenvalue weighted by Crippen LogP contribution is -1.91. The van der Waals surface area contributed by atoms with Crippen LogP contribution in [0.25, 0.3) is 11.0 Å². The van der Waals surface area contributed by atoms with Crippen LogP contribution in [0.15, 0.2) is 12.5 Å². The van der Waals surface area contributed by atoms with Crippen LogP contribution in [0.1, 0.15) is 5.69 Å². The molecule has 0 saturated carbocycles. The molecule has 2 aromatic heterocycles. The van der Waals surface area contributed by atoms with Gasteiger partial charge in [-0.3, -0.25) is 0 Å². The van der Waals surface area contributed by atoms with Crippen LogP contribution in [0.4, 0.5) is 0 Å². The van der Waals surface area contributed by atoms with Crippen molar-refractivity contribution >= 4 is 22.6 Å². The highest BCUT2D eigenvalue weighted by Gasteiger charge is 2.07. The molecule has 0 amide bonds. The maximum absolute atomic E-state index is 5.94. The fourth-order valence-corrected chi connectivity index (χ4v) is 1.64. The molecule has 12 heavy (non-hydrogen) atoms. The van der Waals surface area contributed by atoms with Crippen molar-refractivity contribution in [2.24, 2.45) is 7.05 Å². The highest BCUT2D eigenvalue weighted by Crippen LogP contribution is 2.23. The normalized spacial score (nSPS) is 10.9. The third-order valence-electron chi connectivity index (χ3n) is 1.89. The molecule has 0 aromatic carbocycles. The average molecular weight is 182 g/mol. The Labute approximate surface area is 75.0 Å².